The van der Waals surface area contributed by atoms with Crippen molar-refractivity contribution in [3.8, 4) is 0 Å². The van der Waals surface area contributed by atoms with Crippen molar-refractivity contribution in [2.75, 3.05) is 7.11 Å². The van der Waals surface area contributed by atoms with Crippen LogP contribution in [-0.2, 0) is 10.9 Å². The molecule has 7 heteroatoms. The largest absolute Gasteiger partial charge is 0.465 e. The Bertz CT molecular complexity index is 737. The summed E-state index contributed by atoms with van der Waals surface area (Å²) in [7, 11) is 1.24. The highest BCUT2D eigenvalue weighted by atomic mass is 19.4. The van der Waals surface area contributed by atoms with Crippen molar-refractivity contribution >= 4 is 17.9 Å². The van der Waals surface area contributed by atoms with Gasteiger partial charge in [0.15, 0.2) is 0 Å². The molecule has 0 aliphatic rings. The van der Waals surface area contributed by atoms with Crippen molar-refractivity contribution in [1.82, 2.24) is 0 Å². The Kier molecular flexibility index (Phi) is 4.78. The molecule has 0 aliphatic carbocycles. The van der Waals surface area contributed by atoms with Crippen LogP contribution in [0.2, 0.25) is 0 Å². The predicted octanol–water partition coefficient (Wildman–Crippen LogP) is 4.38. The molecule has 23 heavy (non-hydrogen) atoms. The Labute approximate surface area is 129 Å². The molecule has 0 bridgehead atoms. The highest BCUT2D eigenvalue weighted by molar-refractivity contribution is 5.91. The van der Waals surface area contributed by atoms with Gasteiger partial charge in [0, 0.05) is 6.21 Å². The first-order valence-corrected chi connectivity index (χ1v) is 6.40. The van der Waals surface area contributed by atoms with E-state index in [1.54, 1.807) is 0 Å². The second-order valence-electron chi connectivity index (χ2n) is 4.53. The number of hydrogen-bond donors (Lipinski definition) is 0. The van der Waals surface area contributed by atoms with Crippen LogP contribution in [0.5, 0.6) is 0 Å². The van der Waals surface area contributed by atoms with E-state index in [0.717, 1.165) is 12.1 Å². The first-order chi connectivity index (χ1) is 10.8. The second kappa shape index (κ2) is 6.60. The van der Waals surface area contributed by atoms with Gasteiger partial charge >= 0.3 is 12.1 Å². The molecule has 2 aromatic rings. The Balaban J connectivity index is 2.29. The highest BCUT2D eigenvalue weighted by Gasteiger charge is 2.33. The van der Waals surface area contributed by atoms with Gasteiger partial charge in [0.05, 0.1) is 23.9 Å². The molecule has 0 aliphatic heterocycles. The van der Waals surface area contributed by atoms with E-state index in [4.69, 9.17) is 0 Å². The number of nitrogens with zero attached hydrogens (tertiary/aromatic N) is 1. The summed E-state index contributed by atoms with van der Waals surface area (Å²) in [5, 5.41) is 0. The number of methoxy groups -OCH3 is 1. The predicted molar refractivity (Wildman–Crippen MR) is 76.4 cm³/mol. The van der Waals surface area contributed by atoms with Crippen LogP contribution < -0.4 is 0 Å². The summed E-state index contributed by atoms with van der Waals surface area (Å²) >= 11 is 0. The third-order valence-electron chi connectivity index (χ3n) is 2.95. The van der Waals surface area contributed by atoms with Gasteiger partial charge in [-0.15, -0.1) is 0 Å². The number of hydrogen-bond acceptors (Lipinski definition) is 3. The van der Waals surface area contributed by atoms with Crippen molar-refractivity contribution in [2.24, 2.45) is 4.99 Å². The molecule has 0 unspecified atom stereocenters. The van der Waals surface area contributed by atoms with Gasteiger partial charge < -0.3 is 4.74 Å². The standard InChI is InChI=1S/C16H11F4NO2/c1-23-15(22)11-4-2-10(3-5-11)9-21-14-7-6-12(17)8-13(14)16(18,19)20/h2-9H,1H3. The lowest BCUT2D eigenvalue weighted by Gasteiger charge is -2.09. The zero-order valence-corrected chi connectivity index (χ0v) is 11.9. The van der Waals surface area contributed by atoms with E-state index in [1.165, 1.54) is 37.6 Å². The number of halogens is 4. The molecule has 2 rings (SSSR count). The minimum absolute atomic E-state index is 0.308. The van der Waals surface area contributed by atoms with Crippen molar-refractivity contribution < 1.29 is 27.1 Å². The molecule has 0 atom stereocenters. The third kappa shape index (κ3) is 4.15. The summed E-state index contributed by atoms with van der Waals surface area (Å²) in [6, 6.07) is 8.19. The van der Waals surface area contributed by atoms with Gasteiger partial charge in [-0.3, -0.25) is 4.99 Å². The van der Waals surface area contributed by atoms with Crippen LogP contribution in [-0.4, -0.2) is 19.3 Å². The molecule has 0 aromatic heterocycles. The molecule has 0 radical (unpaired) electrons. The number of ether oxygens (including phenoxy) is 1. The average Bonchev–Trinajstić information content (AvgIpc) is 2.52. The van der Waals surface area contributed by atoms with Crippen molar-refractivity contribution in [2.45, 2.75) is 6.18 Å². The van der Waals surface area contributed by atoms with Crippen molar-refractivity contribution in [3.63, 3.8) is 0 Å². The Hall–Kier alpha value is -2.70. The number of esters is 1. The molecule has 0 N–H and O–H groups in total. The van der Waals surface area contributed by atoms with Crippen LogP contribution in [0, 0.1) is 5.82 Å². The SMILES string of the molecule is COC(=O)c1ccc(C=Nc2ccc(F)cc2C(F)(F)F)cc1. The summed E-state index contributed by atoms with van der Waals surface area (Å²) in [5.74, 6) is -1.51. The first-order valence-electron chi connectivity index (χ1n) is 6.40. The van der Waals surface area contributed by atoms with Crippen LogP contribution in [0.15, 0.2) is 47.5 Å². The molecule has 2 aromatic carbocycles. The van der Waals surface area contributed by atoms with Gasteiger partial charge in [-0.05, 0) is 35.9 Å². The summed E-state index contributed by atoms with van der Waals surface area (Å²) in [5.41, 5.74) is -0.756. The second-order valence-corrected chi connectivity index (χ2v) is 4.53. The molecular formula is C16H11F4NO2. The molecule has 0 spiro atoms. The summed E-state index contributed by atoms with van der Waals surface area (Å²) < 4.78 is 56.1. The van der Waals surface area contributed by atoms with E-state index in [2.05, 4.69) is 9.73 Å². The van der Waals surface area contributed by atoms with Gasteiger partial charge in [0.1, 0.15) is 5.82 Å². The number of carbonyl (C=O) groups excluding carboxylic acids is 1. The van der Waals surface area contributed by atoms with Crippen molar-refractivity contribution in [1.29, 1.82) is 0 Å². The smallest absolute Gasteiger partial charge is 0.418 e. The number of rotatable bonds is 3. The average molecular weight is 325 g/mol. The maximum atomic E-state index is 13.0. The highest BCUT2D eigenvalue weighted by Crippen LogP contribution is 2.36. The molecule has 0 amide bonds. The molecule has 0 heterocycles. The molecule has 0 saturated carbocycles. The van der Waals surface area contributed by atoms with Crippen LogP contribution >= 0.6 is 0 Å². The van der Waals surface area contributed by atoms with Gasteiger partial charge in [0.25, 0.3) is 0 Å². The first kappa shape index (κ1) is 16.7. The van der Waals surface area contributed by atoms with E-state index < -0.39 is 29.2 Å². The molecule has 120 valence electrons. The van der Waals surface area contributed by atoms with Gasteiger partial charge in [-0.1, -0.05) is 12.1 Å². The zero-order chi connectivity index (χ0) is 17.0. The monoisotopic (exact) mass is 325 g/mol. The molecule has 0 saturated heterocycles. The fourth-order valence-electron chi connectivity index (χ4n) is 1.82. The lowest BCUT2D eigenvalue weighted by molar-refractivity contribution is -0.137. The van der Waals surface area contributed by atoms with Crippen LogP contribution in [0.3, 0.4) is 0 Å². The number of aliphatic imine (C=N–C) groups is 1. The van der Waals surface area contributed by atoms with E-state index in [9.17, 15) is 22.4 Å². The van der Waals surface area contributed by atoms with Gasteiger partial charge in [-0.2, -0.15) is 13.2 Å². The normalized spacial score (nSPS) is 11.7. The maximum Gasteiger partial charge on any atom is 0.418 e. The van der Waals surface area contributed by atoms with Crippen LogP contribution in [0.4, 0.5) is 23.2 Å². The van der Waals surface area contributed by atoms with Gasteiger partial charge in [-0.25, -0.2) is 9.18 Å². The molecule has 3 nitrogen and oxygen atoms in total. The Morgan fingerprint density at radius 3 is 2.35 bits per heavy atom. The van der Waals surface area contributed by atoms with Crippen LogP contribution in [0.1, 0.15) is 21.5 Å². The molecular weight excluding hydrogens is 314 g/mol. The lowest BCUT2D eigenvalue weighted by atomic mass is 10.1. The number of carbonyl (C=O) groups is 1. The topological polar surface area (TPSA) is 38.7 Å². The minimum atomic E-state index is -4.70. The fourth-order valence-corrected chi connectivity index (χ4v) is 1.82. The Morgan fingerprint density at radius 2 is 1.78 bits per heavy atom. The van der Waals surface area contributed by atoms with E-state index >= 15 is 0 Å². The fraction of sp³-hybridized carbons (Fsp3) is 0.125. The van der Waals surface area contributed by atoms with E-state index in [1.807, 2.05) is 0 Å². The number of alkyl halides is 3. The van der Waals surface area contributed by atoms with Crippen molar-refractivity contribution in [3.05, 3.63) is 65.0 Å². The van der Waals surface area contributed by atoms with E-state index in [0.29, 0.717) is 17.2 Å². The summed E-state index contributed by atoms with van der Waals surface area (Å²) in [6.45, 7) is 0. The maximum absolute atomic E-state index is 13.0. The minimum Gasteiger partial charge on any atom is -0.465 e. The number of benzene rings is 2. The quantitative estimate of drug-likeness (QED) is 0.477. The third-order valence-corrected chi connectivity index (χ3v) is 2.95. The van der Waals surface area contributed by atoms with Crippen LogP contribution in [0.25, 0.3) is 0 Å². The molecule has 0 fully saturated rings. The lowest BCUT2D eigenvalue weighted by Crippen LogP contribution is -2.05. The van der Waals surface area contributed by atoms with E-state index in [-0.39, 0.29) is 0 Å². The Morgan fingerprint density at radius 1 is 1.13 bits per heavy atom. The zero-order valence-electron chi connectivity index (χ0n) is 11.9. The van der Waals surface area contributed by atoms with Gasteiger partial charge in [0.2, 0.25) is 0 Å². The summed E-state index contributed by atoms with van der Waals surface area (Å²) in [4.78, 5) is 15.0. The summed E-state index contributed by atoms with van der Waals surface area (Å²) in [6.07, 6.45) is -3.51.